The summed E-state index contributed by atoms with van der Waals surface area (Å²) in [7, 11) is 1.68. The first-order chi connectivity index (χ1) is 12.6. The van der Waals surface area contributed by atoms with Gasteiger partial charge in [-0.15, -0.1) is 0 Å². The molecule has 7 heteroatoms. The standard InChI is InChI=1S/C19H27F2N3O2/c1-3-25-16-10-6-9-15(17(16)26-18(20)21)13-24-19(22-2)23-12-11-14-7-4-5-8-14/h6-7,9-10,18H,3-5,8,11-13H2,1-2H3,(H2,22,23,24). The monoisotopic (exact) mass is 367 g/mol. The molecule has 2 rings (SSSR count). The summed E-state index contributed by atoms with van der Waals surface area (Å²) in [5.74, 6) is 0.986. The molecule has 0 spiro atoms. The minimum atomic E-state index is -2.91. The molecule has 0 unspecified atom stereocenters. The Balaban J connectivity index is 1.94. The highest BCUT2D eigenvalue weighted by Gasteiger charge is 2.16. The Labute approximate surface area is 153 Å². The first-order valence-electron chi connectivity index (χ1n) is 8.96. The zero-order valence-electron chi connectivity index (χ0n) is 15.4. The van der Waals surface area contributed by atoms with E-state index in [9.17, 15) is 8.78 Å². The highest BCUT2D eigenvalue weighted by molar-refractivity contribution is 5.79. The number of ether oxygens (including phenoxy) is 2. The van der Waals surface area contributed by atoms with Crippen LogP contribution in [0.3, 0.4) is 0 Å². The molecule has 26 heavy (non-hydrogen) atoms. The van der Waals surface area contributed by atoms with Crippen LogP contribution in [0.15, 0.2) is 34.8 Å². The number of nitrogens with zero attached hydrogens (tertiary/aromatic N) is 1. The summed E-state index contributed by atoms with van der Waals surface area (Å²) >= 11 is 0. The van der Waals surface area contributed by atoms with Gasteiger partial charge in [0.1, 0.15) is 0 Å². The third-order valence-electron chi connectivity index (χ3n) is 4.11. The van der Waals surface area contributed by atoms with Gasteiger partial charge in [-0.25, -0.2) is 0 Å². The van der Waals surface area contributed by atoms with Crippen molar-refractivity contribution < 1.29 is 18.3 Å². The molecule has 0 amide bonds. The van der Waals surface area contributed by atoms with Crippen molar-refractivity contribution in [2.75, 3.05) is 20.2 Å². The Kier molecular flexibility index (Phi) is 8.18. The minimum Gasteiger partial charge on any atom is -0.490 e. The zero-order valence-corrected chi connectivity index (χ0v) is 15.4. The Morgan fingerprint density at radius 2 is 2.15 bits per heavy atom. The molecule has 5 nitrogen and oxygen atoms in total. The van der Waals surface area contributed by atoms with E-state index in [1.165, 1.54) is 24.8 Å². The average Bonchev–Trinajstić information content (AvgIpc) is 3.13. The molecule has 2 N–H and O–H groups in total. The molecule has 0 aliphatic heterocycles. The number of hydrogen-bond acceptors (Lipinski definition) is 3. The van der Waals surface area contributed by atoms with Crippen molar-refractivity contribution in [2.24, 2.45) is 4.99 Å². The van der Waals surface area contributed by atoms with Crippen molar-refractivity contribution in [3.05, 3.63) is 35.4 Å². The van der Waals surface area contributed by atoms with E-state index in [0.29, 0.717) is 30.4 Å². The molecular weight excluding hydrogens is 340 g/mol. The minimum absolute atomic E-state index is 0.0587. The lowest BCUT2D eigenvalue weighted by molar-refractivity contribution is -0.0520. The van der Waals surface area contributed by atoms with Gasteiger partial charge in [-0.3, -0.25) is 4.99 Å². The van der Waals surface area contributed by atoms with Crippen molar-refractivity contribution in [2.45, 2.75) is 45.8 Å². The molecule has 0 saturated carbocycles. The lowest BCUT2D eigenvalue weighted by atomic mass is 10.1. The topological polar surface area (TPSA) is 54.9 Å². The van der Waals surface area contributed by atoms with Gasteiger partial charge < -0.3 is 20.1 Å². The zero-order chi connectivity index (χ0) is 18.8. The third-order valence-corrected chi connectivity index (χ3v) is 4.11. The van der Waals surface area contributed by atoms with Crippen molar-refractivity contribution >= 4 is 5.96 Å². The van der Waals surface area contributed by atoms with Gasteiger partial charge in [0.2, 0.25) is 0 Å². The number of alkyl halides is 2. The van der Waals surface area contributed by atoms with E-state index in [1.807, 2.05) is 0 Å². The van der Waals surface area contributed by atoms with Gasteiger partial charge in [0.15, 0.2) is 17.5 Å². The summed E-state index contributed by atoms with van der Waals surface area (Å²) in [4.78, 5) is 4.17. The Bertz CT molecular complexity index is 633. The van der Waals surface area contributed by atoms with Crippen LogP contribution in [0.2, 0.25) is 0 Å². The number of rotatable bonds is 9. The first-order valence-corrected chi connectivity index (χ1v) is 8.96. The highest BCUT2D eigenvalue weighted by Crippen LogP contribution is 2.32. The molecule has 0 atom stereocenters. The van der Waals surface area contributed by atoms with Crippen LogP contribution in [0.4, 0.5) is 8.78 Å². The van der Waals surface area contributed by atoms with E-state index in [4.69, 9.17) is 4.74 Å². The molecule has 144 valence electrons. The van der Waals surface area contributed by atoms with E-state index in [0.717, 1.165) is 13.0 Å². The largest absolute Gasteiger partial charge is 0.490 e. The van der Waals surface area contributed by atoms with Crippen molar-refractivity contribution in [1.82, 2.24) is 10.6 Å². The number of benzene rings is 1. The van der Waals surface area contributed by atoms with E-state index >= 15 is 0 Å². The van der Waals surface area contributed by atoms with Crippen LogP contribution in [0.1, 0.15) is 38.2 Å². The fraction of sp³-hybridized carbons (Fsp3) is 0.526. The lowest BCUT2D eigenvalue weighted by Crippen LogP contribution is -2.37. The number of halogens is 2. The van der Waals surface area contributed by atoms with Gasteiger partial charge in [0, 0.05) is 25.7 Å². The van der Waals surface area contributed by atoms with Gasteiger partial charge in [-0.1, -0.05) is 23.8 Å². The summed E-state index contributed by atoms with van der Waals surface area (Å²) in [6, 6.07) is 5.10. The van der Waals surface area contributed by atoms with Crippen LogP contribution in [-0.2, 0) is 6.54 Å². The molecule has 1 aliphatic rings. The van der Waals surface area contributed by atoms with Crippen LogP contribution in [0.25, 0.3) is 0 Å². The number of allylic oxidation sites excluding steroid dienone is 1. The smallest absolute Gasteiger partial charge is 0.387 e. The van der Waals surface area contributed by atoms with E-state index < -0.39 is 6.61 Å². The van der Waals surface area contributed by atoms with Crippen LogP contribution >= 0.6 is 0 Å². The molecule has 0 fully saturated rings. The van der Waals surface area contributed by atoms with Gasteiger partial charge in [-0.05, 0) is 38.7 Å². The summed E-state index contributed by atoms with van der Waals surface area (Å²) in [5.41, 5.74) is 2.06. The first kappa shape index (κ1) is 20.0. The number of para-hydroxylation sites is 1. The van der Waals surface area contributed by atoms with E-state index in [-0.39, 0.29) is 5.75 Å². The SMILES string of the molecule is CCOc1cccc(CNC(=NC)NCCC2=CCCC2)c1OC(F)F. The number of aliphatic imine (C=N–C) groups is 1. The van der Waals surface area contributed by atoms with Crippen molar-refractivity contribution in [3.8, 4) is 11.5 Å². The van der Waals surface area contributed by atoms with Gasteiger partial charge in [0.05, 0.1) is 6.61 Å². The molecule has 1 aromatic rings. The molecule has 0 bridgehead atoms. The molecule has 0 aromatic heterocycles. The molecule has 0 saturated heterocycles. The second-order valence-electron chi connectivity index (χ2n) is 5.91. The summed E-state index contributed by atoms with van der Waals surface area (Å²) in [5, 5.41) is 6.38. The number of guanidine groups is 1. The highest BCUT2D eigenvalue weighted by atomic mass is 19.3. The van der Waals surface area contributed by atoms with Crippen molar-refractivity contribution in [1.29, 1.82) is 0 Å². The summed E-state index contributed by atoms with van der Waals surface area (Å²) in [6.07, 6.45) is 6.87. The maximum absolute atomic E-state index is 12.8. The molecule has 0 radical (unpaired) electrons. The van der Waals surface area contributed by atoms with E-state index in [1.54, 1.807) is 32.2 Å². The second-order valence-corrected chi connectivity index (χ2v) is 5.91. The van der Waals surface area contributed by atoms with Crippen LogP contribution in [0.5, 0.6) is 11.5 Å². The quantitative estimate of drug-likeness (QED) is 0.395. The lowest BCUT2D eigenvalue weighted by Gasteiger charge is -2.17. The Morgan fingerprint density at radius 1 is 1.31 bits per heavy atom. The predicted octanol–water partition coefficient (Wildman–Crippen LogP) is 3.85. The van der Waals surface area contributed by atoms with Crippen LogP contribution in [0, 0.1) is 0 Å². The Hall–Kier alpha value is -2.31. The van der Waals surface area contributed by atoms with Gasteiger partial charge in [0.25, 0.3) is 0 Å². The van der Waals surface area contributed by atoms with Crippen molar-refractivity contribution in [3.63, 3.8) is 0 Å². The van der Waals surface area contributed by atoms with Gasteiger partial charge >= 0.3 is 6.61 Å². The molecule has 0 heterocycles. The fourth-order valence-corrected chi connectivity index (χ4v) is 2.90. The number of hydrogen-bond donors (Lipinski definition) is 2. The second kappa shape index (κ2) is 10.6. The Morgan fingerprint density at radius 3 is 2.81 bits per heavy atom. The summed E-state index contributed by atoms with van der Waals surface area (Å²) < 4.78 is 35.6. The average molecular weight is 367 g/mol. The van der Waals surface area contributed by atoms with E-state index in [2.05, 4.69) is 26.4 Å². The predicted molar refractivity (Wildman–Crippen MR) is 99.0 cm³/mol. The third kappa shape index (κ3) is 6.20. The van der Waals surface area contributed by atoms with Gasteiger partial charge in [-0.2, -0.15) is 8.78 Å². The molecule has 1 aliphatic carbocycles. The summed E-state index contributed by atoms with van der Waals surface area (Å²) in [6.45, 7) is 0.335. The van der Waals surface area contributed by atoms with Crippen LogP contribution in [-0.4, -0.2) is 32.8 Å². The fourth-order valence-electron chi connectivity index (χ4n) is 2.90. The molecule has 1 aromatic carbocycles. The maximum Gasteiger partial charge on any atom is 0.387 e. The number of nitrogens with one attached hydrogen (secondary N) is 2. The maximum atomic E-state index is 12.8. The normalized spacial score (nSPS) is 14.3. The molecular formula is C19H27F2N3O2. The van der Waals surface area contributed by atoms with Crippen LogP contribution < -0.4 is 20.1 Å².